The fourth-order valence-corrected chi connectivity index (χ4v) is 1.66. The van der Waals surface area contributed by atoms with Crippen LogP contribution in [-0.4, -0.2) is 27.6 Å². The summed E-state index contributed by atoms with van der Waals surface area (Å²) >= 11 is 5.80. The summed E-state index contributed by atoms with van der Waals surface area (Å²) in [5.74, 6) is -0.753. The van der Waals surface area contributed by atoms with Crippen molar-refractivity contribution in [2.75, 3.05) is 11.9 Å². The number of halogens is 1. The van der Waals surface area contributed by atoms with E-state index in [0.717, 1.165) is 12.0 Å². The molecular weight excluding hydrogens is 266 g/mol. The van der Waals surface area contributed by atoms with Gasteiger partial charge in [0.1, 0.15) is 0 Å². The van der Waals surface area contributed by atoms with Crippen LogP contribution in [0.15, 0.2) is 36.5 Å². The standard InChI is InChI=1S/C13H12ClN3O2/c14-10-3-1-9(2-4-10)5-7-15-13-16-8-6-11(17-13)12(18)19/h1-4,6,8H,5,7H2,(H,18,19)(H,15,16,17). The van der Waals surface area contributed by atoms with Gasteiger partial charge >= 0.3 is 5.97 Å². The summed E-state index contributed by atoms with van der Waals surface area (Å²) in [7, 11) is 0. The minimum Gasteiger partial charge on any atom is -0.477 e. The Morgan fingerprint density at radius 2 is 2.00 bits per heavy atom. The molecule has 6 heteroatoms. The number of nitrogens with zero attached hydrogens (tertiary/aromatic N) is 2. The number of nitrogens with one attached hydrogen (secondary N) is 1. The number of aromatic carboxylic acids is 1. The molecule has 2 aromatic rings. The Morgan fingerprint density at radius 3 is 2.68 bits per heavy atom. The van der Waals surface area contributed by atoms with E-state index in [1.54, 1.807) is 0 Å². The zero-order chi connectivity index (χ0) is 13.7. The quantitative estimate of drug-likeness (QED) is 0.878. The zero-order valence-electron chi connectivity index (χ0n) is 10.0. The first-order valence-electron chi connectivity index (χ1n) is 5.70. The number of hydrogen-bond donors (Lipinski definition) is 2. The average molecular weight is 278 g/mol. The molecule has 5 nitrogen and oxygen atoms in total. The maximum Gasteiger partial charge on any atom is 0.354 e. The van der Waals surface area contributed by atoms with E-state index in [2.05, 4.69) is 15.3 Å². The Kier molecular flexibility index (Phi) is 4.30. The van der Waals surface area contributed by atoms with Crippen molar-refractivity contribution in [1.82, 2.24) is 9.97 Å². The van der Waals surface area contributed by atoms with Crippen LogP contribution in [0.1, 0.15) is 16.1 Å². The second-order valence-electron chi connectivity index (χ2n) is 3.87. The van der Waals surface area contributed by atoms with Crippen LogP contribution in [0, 0.1) is 0 Å². The zero-order valence-corrected chi connectivity index (χ0v) is 10.8. The molecule has 0 aliphatic rings. The highest BCUT2D eigenvalue weighted by atomic mass is 35.5. The minimum absolute atomic E-state index is 0.0241. The number of benzene rings is 1. The molecule has 19 heavy (non-hydrogen) atoms. The van der Waals surface area contributed by atoms with Crippen molar-refractivity contribution in [3.63, 3.8) is 0 Å². The molecule has 0 atom stereocenters. The largest absolute Gasteiger partial charge is 0.477 e. The molecule has 98 valence electrons. The fourth-order valence-electron chi connectivity index (χ4n) is 1.53. The van der Waals surface area contributed by atoms with Crippen molar-refractivity contribution in [2.45, 2.75) is 6.42 Å². The van der Waals surface area contributed by atoms with Gasteiger partial charge in [-0.3, -0.25) is 0 Å². The molecule has 0 bridgehead atoms. The second-order valence-corrected chi connectivity index (χ2v) is 4.31. The van der Waals surface area contributed by atoms with E-state index < -0.39 is 5.97 Å². The summed E-state index contributed by atoms with van der Waals surface area (Å²) < 4.78 is 0. The number of carboxylic acids is 1. The van der Waals surface area contributed by atoms with Gasteiger partial charge < -0.3 is 10.4 Å². The van der Waals surface area contributed by atoms with Crippen LogP contribution in [0.2, 0.25) is 5.02 Å². The summed E-state index contributed by atoms with van der Waals surface area (Å²) in [6.07, 6.45) is 2.19. The smallest absolute Gasteiger partial charge is 0.354 e. The number of carboxylic acid groups (broad SMARTS) is 1. The van der Waals surface area contributed by atoms with Crippen molar-refractivity contribution in [2.24, 2.45) is 0 Å². The van der Waals surface area contributed by atoms with E-state index in [0.29, 0.717) is 17.5 Å². The van der Waals surface area contributed by atoms with Crippen molar-refractivity contribution >= 4 is 23.5 Å². The van der Waals surface area contributed by atoms with Gasteiger partial charge in [-0.15, -0.1) is 0 Å². The maximum atomic E-state index is 10.7. The lowest BCUT2D eigenvalue weighted by Gasteiger charge is -2.05. The van der Waals surface area contributed by atoms with Gasteiger partial charge in [0.2, 0.25) is 5.95 Å². The molecule has 0 fully saturated rings. The van der Waals surface area contributed by atoms with Gasteiger partial charge in [0.05, 0.1) is 0 Å². The number of hydrogen-bond acceptors (Lipinski definition) is 4. The number of carbonyl (C=O) groups is 1. The van der Waals surface area contributed by atoms with E-state index in [9.17, 15) is 4.79 Å². The molecule has 1 heterocycles. The molecule has 2 rings (SSSR count). The fraction of sp³-hybridized carbons (Fsp3) is 0.154. The normalized spacial score (nSPS) is 10.2. The highest BCUT2D eigenvalue weighted by Gasteiger charge is 2.05. The van der Waals surface area contributed by atoms with Crippen LogP contribution >= 0.6 is 11.6 Å². The molecular formula is C13H12ClN3O2. The number of anilines is 1. The Labute approximate surface area is 115 Å². The molecule has 1 aromatic heterocycles. The van der Waals surface area contributed by atoms with Gasteiger partial charge in [0.15, 0.2) is 5.69 Å². The first-order valence-corrected chi connectivity index (χ1v) is 6.07. The Morgan fingerprint density at radius 1 is 1.26 bits per heavy atom. The number of aromatic nitrogens is 2. The van der Waals surface area contributed by atoms with Crippen LogP contribution < -0.4 is 5.32 Å². The molecule has 0 saturated heterocycles. The number of rotatable bonds is 5. The van der Waals surface area contributed by atoms with Crippen molar-refractivity contribution in [3.05, 3.63) is 52.8 Å². The molecule has 2 N–H and O–H groups in total. The third kappa shape index (κ3) is 3.93. The van der Waals surface area contributed by atoms with Gasteiger partial charge in [-0.25, -0.2) is 14.8 Å². The molecule has 0 unspecified atom stereocenters. The molecule has 0 radical (unpaired) electrons. The van der Waals surface area contributed by atoms with Crippen LogP contribution in [0.3, 0.4) is 0 Å². The van der Waals surface area contributed by atoms with E-state index in [1.165, 1.54) is 12.3 Å². The Hall–Kier alpha value is -2.14. The predicted molar refractivity (Wildman–Crippen MR) is 72.6 cm³/mol. The summed E-state index contributed by atoms with van der Waals surface area (Å²) in [6.45, 7) is 0.616. The van der Waals surface area contributed by atoms with Gasteiger partial charge in [0, 0.05) is 17.8 Å². The summed E-state index contributed by atoms with van der Waals surface area (Å²) in [5.41, 5.74) is 1.11. The van der Waals surface area contributed by atoms with Crippen LogP contribution in [0.5, 0.6) is 0 Å². The lowest BCUT2D eigenvalue weighted by atomic mass is 10.1. The van der Waals surface area contributed by atoms with E-state index in [4.69, 9.17) is 16.7 Å². The van der Waals surface area contributed by atoms with Crippen LogP contribution in [0.25, 0.3) is 0 Å². The van der Waals surface area contributed by atoms with E-state index in [-0.39, 0.29) is 5.69 Å². The summed E-state index contributed by atoms with van der Waals surface area (Å²) in [6, 6.07) is 8.90. The average Bonchev–Trinajstić information content (AvgIpc) is 2.41. The third-order valence-corrected chi connectivity index (χ3v) is 2.74. The first-order chi connectivity index (χ1) is 9.15. The predicted octanol–water partition coefficient (Wildman–Crippen LogP) is 2.48. The van der Waals surface area contributed by atoms with E-state index in [1.807, 2.05) is 24.3 Å². The first kappa shape index (κ1) is 13.3. The van der Waals surface area contributed by atoms with Gasteiger partial charge in [-0.1, -0.05) is 23.7 Å². The van der Waals surface area contributed by atoms with E-state index >= 15 is 0 Å². The van der Waals surface area contributed by atoms with Crippen molar-refractivity contribution in [3.8, 4) is 0 Å². The van der Waals surface area contributed by atoms with Gasteiger partial charge in [0.25, 0.3) is 0 Å². The maximum absolute atomic E-state index is 10.7. The minimum atomic E-state index is -1.07. The SMILES string of the molecule is O=C(O)c1ccnc(NCCc2ccc(Cl)cc2)n1. The van der Waals surface area contributed by atoms with Crippen molar-refractivity contribution < 1.29 is 9.90 Å². The summed E-state index contributed by atoms with van der Waals surface area (Å²) in [4.78, 5) is 18.6. The second kappa shape index (κ2) is 6.15. The Bertz CT molecular complexity index is 572. The molecule has 0 aliphatic carbocycles. The molecule has 0 amide bonds. The third-order valence-electron chi connectivity index (χ3n) is 2.48. The molecule has 0 spiro atoms. The Balaban J connectivity index is 1.90. The topological polar surface area (TPSA) is 75.1 Å². The molecule has 0 saturated carbocycles. The van der Waals surface area contributed by atoms with Gasteiger partial charge in [-0.2, -0.15) is 0 Å². The van der Waals surface area contributed by atoms with Crippen molar-refractivity contribution in [1.29, 1.82) is 0 Å². The van der Waals surface area contributed by atoms with Gasteiger partial charge in [-0.05, 0) is 30.2 Å². The lowest BCUT2D eigenvalue weighted by molar-refractivity contribution is 0.0690. The van der Waals surface area contributed by atoms with Crippen LogP contribution in [0.4, 0.5) is 5.95 Å². The highest BCUT2D eigenvalue weighted by Crippen LogP contribution is 2.10. The monoisotopic (exact) mass is 277 g/mol. The summed E-state index contributed by atoms with van der Waals surface area (Å²) in [5, 5.41) is 12.5. The van der Waals surface area contributed by atoms with Crippen LogP contribution in [-0.2, 0) is 6.42 Å². The molecule has 1 aromatic carbocycles. The highest BCUT2D eigenvalue weighted by molar-refractivity contribution is 6.30. The lowest BCUT2D eigenvalue weighted by Crippen LogP contribution is -2.10. The molecule has 0 aliphatic heterocycles.